The van der Waals surface area contributed by atoms with Crippen molar-refractivity contribution in [1.29, 1.82) is 0 Å². The number of thioether (sulfide) groups is 2. The molecule has 2 heterocycles. The van der Waals surface area contributed by atoms with Crippen LogP contribution in [0, 0.1) is 13.8 Å². The van der Waals surface area contributed by atoms with E-state index in [1.165, 1.54) is 28.9 Å². The highest BCUT2D eigenvalue weighted by atomic mass is 32.2. The fraction of sp³-hybridized carbons (Fsp3) is 0.400. The minimum atomic E-state index is 1.47. The standard InChI is InChI=1S/C10H12S4/c1-5-7(11-3)9-10(13-5)8(12-4)6(2)14-9/h1-4H3. The molecule has 0 radical (unpaired) electrons. The number of thiophene rings is 2. The van der Waals surface area contributed by atoms with Crippen LogP contribution in [-0.2, 0) is 0 Å². The average molecular weight is 260 g/mol. The lowest BCUT2D eigenvalue weighted by molar-refractivity contribution is 1.48. The first-order valence-corrected chi connectivity index (χ1v) is 8.37. The van der Waals surface area contributed by atoms with Crippen LogP contribution in [0.5, 0.6) is 0 Å². The van der Waals surface area contributed by atoms with Crippen molar-refractivity contribution in [2.24, 2.45) is 0 Å². The SMILES string of the molecule is CSc1c(C)sc2c(SC)c(C)sc12. The van der Waals surface area contributed by atoms with Crippen molar-refractivity contribution in [2.75, 3.05) is 12.5 Å². The summed E-state index contributed by atoms with van der Waals surface area (Å²) in [5.74, 6) is 0. The predicted molar refractivity (Wildman–Crippen MR) is 72.7 cm³/mol. The van der Waals surface area contributed by atoms with Crippen LogP contribution < -0.4 is 0 Å². The molecule has 0 bridgehead atoms. The topological polar surface area (TPSA) is 0 Å². The zero-order chi connectivity index (χ0) is 10.3. The molecule has 2 rings (SSSR count). The summed E-state index contributed by atoms with van der Waals surface area (Å²) in [6.45, 7) is 4.45. The first-order chi connectivity index (χ1) is 6.69. The second-order valence-electron chi connectivity index (χ2n) is 3.04. The van der Waals surface area contributed by atoms with Crippen molar-refractivity contribution in [3.8, 4) is 0 Å². The molecule has 0 amide bonds. The fourth-order valence-electron chi connectivity index (χ4n) is 1.58. The third kappa shape index (κ3) is 1.52. The number of hydrogen-bond acceptors (Lipinski definition) is 4. The molecule has 0 fully saturated rings. The van der Waals surface area contributed by atoms with Crippen LogP contribution in [0.15, 0.2) is 9.79 Å². The predicted octanol–water partition coefficient (Wildman–Crippen LogP) is 5.02. The molecule has 14 heavy (non-hydrogen) atoms. The van der Waals surface area contributed by atoms with Gasteiger partial charge in [0.05, 0.1) is 9.40 Å². The molecule has 4 heteroatoms. The largest absolute Gasteiger partial charge is 0.137 e. The van der Waals surface area contributed by atoms with E-state index in [1.807, 2.05) is 46.2 Å². The molecular weight excluding hydrogens is 248 g/mol. The summed E-state index contributed by atoms with van der Waals surface area (Å²) in [5.41, 5.74) is 0. The Morgan fingerprint density at radius 2 is 1.14 bits per heavy atom. The molecule has 0 aliphatic rings. The van der Waals surface area contributed by atoms with Crippen molar-refractivity contribution in [3.05, 3.63) is 9.75 Å². The van der Waals surface area contributed by atoms with Gasteiger partial charge in [-0.05, 0) is 26.4 Å². The Morgan fingerprint density at radius 3 is 1.43 bits per heavy atom. The number of fused-ring (bicyclic) bond motifs is 1. The molecule has 2 aromatic heterocycles. The van der Waals surface area contributed by atoms with Crippen LogP contribution in [-0.4, -0.2) is 12.5 Å². The summed E-state index contributed by atoms with van der Waals surface area (Å²) in [6.07, 6.45) is 4.34. The monoisotopic (exact) mass is 260 g/mol. The normalized spacial score (nSPS) is 11.4. The van der Waals surface area contributed by atoms with E-state index in [1.54, 1.807) is 0 Å². The zero-order valence-electron chi connectivity index (χ0n) is 8.63. The fourth-order valence-corrected chi connectivity index (χ4v) is 6.62. The molecule has 2 aromatic rings. The third-order valence-corrected chi connectivity index (χ3v) is 6.91. The van der Waals surface area contributed by atoms with Gasteiger partial charge in [-0.25, -0.2) is 0 Å². The summed E-state index contributed by atoms with van der Waals surface area (Å²) in [6, 6.07) is 0. The lowest BCUT2D eigenvalue weighted by Gasteiger charge is -1.92. The van der Waals surface area contributed by atoms with E-state index in [9.17, 15) is 0 Å². The van der Waals surface area contributed by atoms with E-state index in [-0.39, 0.29) is 0 Å². The van der Waals surface area contributed by atoms with Gasteiger partial charge < -0.3 is 0 Å². The molecule has 0 aliphatic heterocycles. The van der Waals surface area contributed by atoms with Crippen LogP contribution in [0.3, 0.4) is 0 Å². The molecular formula is C10H12S4. The molecule has 76 valence electrons. The van der Waals surface area contributed by atoms with Crippen molar-refractivity contribution < 1.29 is 0 Å². The van der Waals surface area contributed by atoms with E-state index in [2.05, 4.69) is 26.4 Å². The second kappa shape index (κ2) is 4.08. The van der Waals surface area contributed by atoms with Crippen molar-refractivity contribution in [1.82, 2.24) is 0 Å². The van der Waals surface area contributed by atoms with E-state index >= 15 is 0 Å². The van der Waals surface area contributed by atoms with Gasteiger partial charge >= 0.3 is 0 Å². The van der Waals surface area contributed by atoms with Crippen LogP contribution in [0.25, 0.3) is 9.40 Å². The maximum atomic E-state index is 2.22. The molecule has 0 spiro atoms. The van der Waals surface area contributed by atoms with Crippen molar-refractivity contribution in [3.63, 3.8) is 0 Å². The van der Waals surface area contributed by atoms with Gasteiger partial charge in [0, 0.05) is 19.5 Å². The van der Waals surface area contributed by atoms with Crippen LogP contribution >= 0.6 is 46.2 Å². The third-order valence-electron chi connectivity index (χ3n) is 2.18. The first kappa shape index (κ1) is 10.9. The lowest BCUT2D eigenvalue weighted by Crippen LogP contribution is -1.65. The maximum absolute atomic E-state index is 2.22. The lowest BCUT2D eigenvalue weighted by atomic mass is 10.4. The van der Waals surface area contributed by atoms with Crippen LogP contribution in [0.4, 0.5) is 0 Å². The summed E-state index contributed by atoms with van der Waals surface area (Å²) < 4.78 is 3.00. The van der Waals surface area contributed by atoms with Gasteiger partial charge in [0.15, 0.2) is 0 Å². The molecule has 0 unspecified atom stereocenters. The van der Waals surface area contributed by atoms with Gasteiger partial charge in [0.25, 0.3) is 0 Å². The van der Waals surface area contributed by atoms with E-state index in [0.29, 0.717) is 0 Å². The second-order valence-corrected chi connectivity index (χ2v) is 7.12. The summed E-state index contributed by atoms with van der Waals surface area (Å²) in [7, 11) is 0. The van der Waals surface area contributed by atoms with Gasteiger partial charge in [-0.2, -0.15) is 0 Å². The molecule has 0 nitrogen and oxygen atoms in total. The van der Waals surface area contributed by atoms with Crippen molar-refractivity contribution >= 4 is 55.6 Å². The average Bonchev–Trinajstić information content (AvgIpc) is 2.58. The Bertz CT molecular complexity index is 420. The number of hydrogen-bond donors (Lipinski definition) is 0. The van der Waals surface area contributed by atoms with Gasteiger partial charge in [0.1, 0.15) is 0 Å². The Balaban J connectivity index is 2.78. The minimum Gasteiger partial charge on any atom is -0.137 e. The first-order valence-electron chi connectivity index (χ1n) is 4.29. The van der Waals surface area contributed by atoms with E-state index in [4.69, 9.17) is 0 Å². The van der Waals surface area contributed by atoms with Gasteiger partial charge in [-0.3, -0.25) is 0 Å². The molecule has 0 aromatic carbocycles. The summed E-state index contributed by atoms with van der Waals surface area (Å²) in [4.78, 5) is 5.90. The highest BCUT2D eigenvalue weighted by Crippen LogP contribution is 2.47. The number of rotatable bonds is 2. The van der Waals surface area contributed by atoms with E-state index < -0.39 is 0 Å². The molecule has 0 saturated carbocycles. The Hall–Kier alpha value is 0.360. The summed E-state index contributed by atoms with van der Waals surface area (Å²) in [5, 5.41) is 0. The summed E-state index contributed by atoms with van der Waals surface area (Å²) >= 11 is 7.64. The number of aryl methyl sites for hydroxylation is 2. The molecule has 0 aliphatic carbocycles. The minimum absolute atomic E-state index is 1.47. The Morgan fingerprint density at radius 1 is 0.786 bits per heavy atom. The Labute approximate surface area is 101 Å². The van der Waals surface area contributed by atoms with Gasteiger partial charge in [-0.15, -0.1) is 46.2 Å². The molecule has 0 atom stereocenters. The molecule has 0 saturated heterocycles. The smallest absolute Gasteiger partial charge is 0.0603 e. The quantitative estimate of drug-likeness (QED) is 0.695. The van der Waals surface area contributed by atoms with Gasteiger partial charge in [-0.1, -0.05) is 0 Å². The van der Waals surface area contributed by atoms with Gasteiger partial charge in [0.2, 0.25) is 0 Å². The highest BCUT2D eigenvalue weighted by Gasteiger charge is 2.15. The maximum Gasteiger partial charge on any atom is 0.0603 e. The molecule has 0 N–H and O–H groups in total. The van der Waals surface area contributed by atoms with Crippen LogP contribution in [0.1, 0.15) is 9.75 Å². The van der Waals surface area contributed by atoms with Crippen LogP contribution in [0.2, 0.25) is 0 Å². The van der Waals surface area contributed by atoms with Crippen molar-refractivity contribution in [2.45, 2.75) is 23.6 Å². The highest BCUT2D eigenvalue weighted by molar-refractivity contribution is 8.00. The zero-order valence-corrected chi connectivity index (χ0v) is 11.9. The van der Waals surface area contributed by atoms with E-state index in [0.717, 1.165) is 0 Å². The Kier molecular flexibility index (Phi) is 3.17.